The second kappa shape index (κ2) is 14.9. The highest BCUT2D eigenvalue weighted by Crippen LogP contribution is 2.34. The van der Waals surface area contributed by atoms with Gasteiger partial charge < -0.3 is 24.8 Å². The first-order valence-electron chi connectivity index (χ1n) is 12.4. The van der Waals surface area contributed by atoms with Crippen LogP contribution >= 0.6 is 0 Å². The number of nitrogens with one attached hydrogen (secondary N) is 3. The smallest absolute Gasteiger partial charge is 0.418 e. The number of amides is 3. The lowest BCUT2D eigenvalue weighted by Crippen LogP contribution is -2.32. The third-order valence-corrected chi connectivity index (χ3v) is 5.20. The first-order chi connectivity index (χ1) is 20.1. The number of hydrazone groups is 1. The third-order valence-electron chi connectivity index (χ3n) is 5.20. The Kier molecular flexibility index (Phi) is 11.1. The van der Waals surface area contributed by atoms with Crippen LogP contribution in [0.4, 0.5) is 24.5 Å². The fourth-order valence-corrected chi connectivity index (χ4v) is 3.36. The summed E-state index contributed by atoms with van der Waals surface area (Å²) in [6.45, 7) is 5.25. The van der Waals surface area contributed by atoms with E-state index in [1.54, 1.807) is 37.3 Å². The fourth-order valence-electron chi connectivity index (χ4n) is 3.36. The van der Waals surface area contributed by atoms with Crippen molar-refractivity contribution in [1.29, 1.82) is 0 Å². The van der Waals surface area contributed by atoms with Crippen molar-refractivity contribution in [3.8, 4) is 17.2 Å². The van der Waals surface area contributed by atoms with Crippen molar-refractivity contribution in [1.82, 2.24) is 5.43 Å². The largest absolute Gasteiger partial charge is 0.490 e. The molecule has 3 N–H and O–H groups in total. The van der Waals surface area contributed by atoms with Crippen molar-refractivity contribution in [2.75, 3.05) is 30.5 Å². The predicted molar refractivity (Wildman–Crippen MR) is 150 cm³/mol. The van der Waals surface area contributed by atoms with E-state index in [-0.39, 0.29) is 18.1 Å². The molecule has 0 unspecified atom stereocenters. The Morgan fingerprint density at radius 1 is 0.905 bits per heavy atom. The molecule has 13 heteroatoms. The van der Waals surface area contributed by atoms with Crippen molar-refractivity contribution < 1.29 is 41.8 Å². The molecule has 0 fully saturated rings. The van der Waals surface area contributed by atoms with E-state index in [1.807, 2.05) is 0 Å². The summed E-state index contributed by atoms with van der Waals surface area (Å²) in [6, 6.07) is 15.5. The van der Waals surface area contributed by atoms with Gasteiger partial charge in [0.25, 0.3) is 5.91 Å². The molecule has 42 heavy (non-hydrogen) atoms. The second-order valence-electron chi connectivity index (χ2n) is 8.30. The number of hydrogen-bond donors (Lipinski definition) is 3. The number of para-hydroxylation sites is 1. The van der Waals surface area contributed by atoms with Crippen LogP contribution in [0.5, 0.6) is 17.2 Å². The summed E-state index contributed by atoms with van der Waals surface area (Å²) in [7, 11) is 0. The van der Waals surface area contributed by atoms with Crippen LogP contribution in [0.25, 0.3) is 0 Å². The number of anilines is 2. The number of halogens is 3. The summed E-state index contributed by atoms with van der Waals surface area (Å²) < 4.78 is 55.8. The van der Waals surface area contributed by atoms with Crippen molar-refractivity contribution in [3.63, 3.8) is 0 Å². The normalized spacial score (nSPS) is 11.0. The molecule has 3 aromatic rings. The first kappa shape index (κ1) is 31.2. The van der Waals surface area contributed by atoms with Crippen LogP contribution in [0.15, 0.2) is 84.5 Å². The molecule has 0 aliphatic carbocycles. The standard InChI is InChI=1S/C29H27F3N4O6/c1-3-15-41-21-12-10-20(11-13-21)34-27(38)28(39)36-33-17-19-9-14-24(25(16-19)40-4-2)42-18-26(37)35-23-8-6-5-7-22(23)29(30,31)32/h3,5-14,16-17H,1,4,15,18H2,2H3,(H,34,38)(H,35,37)(H,36,39)/b33-17-. The number of ether oxygens (including phenoxy) is 3. The summed E-state index contributed by atoms with van der Waals surface area (Å²) >= 11 is 0. The molecule has 0 atom stereocenters. The van der Waals surface area contributed by atoms with Crippen LogP contribution in [0.2, 0.25) is 0 Å². The van der Waals surface area contributed by atoms with Gasteiger partial charge in [0.15, 0.2) is 18.1 Å². The van der Waals surface area contributed by atoms with Gasteiger partial charge in [0.2, 0.25) is 0 Å². The highest BCUT2D eigenvalue weighted by atomic mass is 19.4. The Hall–Kier alpha value is -5.33. The van der Waals surface area contributed by atoms with Crippen LogP contribution in [-0.2, 0) is 20.6 Å². The van der Waals surface area contributed by atoms with E-state index in [1.165, 1.54) is 36.5 Å². The zero-order valence-corrected chi connectivity index (χ0v) is 22.4. The molecule has 3 aromatic carbocycles. The second-order valence-corrected chi connectivity index (χ2v) is 8.30. The van der Waals surface area contributed by atoms with Crippen LogP contribution < -0.4 is 30.3 Å². The lowest BCUT2D eigenvalue weighted by molar-refractivity contribution is -0.137. The maximum atomic E-state index is 13.2. The topological polar surface area (TPSA) is 127 Å². The Morgan fingerprint density at radius 2 is 1.64 bits per heavy atom. The molecule has 0 heterocycles. The summed E-state index contributed by atoms with van der Waals surface area (Å²) in [5.74, 6) is -1.83. The Balaban J connectivity index is 1.55. The third kappa shape index (κ3) is 9.40. The summed E-state index contributed by atoms with van der Waals surface area (Å²) in [5.41, 5.74) is 1.56. The lowest BCUT2D eigenvalue weighted by atomic mass is 10.1. The van der Waals surface area contributed by atoms with Gasteiger partial charge in [0.05, 0.1) is 24.1 Å². The molecule has 10 nitrogen and oxygen atoms in total. The van der Waals surface area contributed by atoms with Gasteiger partial charge in [-0.25, -0.2) is 5.43 Å². The number of benzene rings is 3. The van der Waals surface area contributed by atoms with Crippen LogP contribution in [0.3, 0.4) is 0 Å². The van der Waals surface area contributed by atoms with E-state index in [0.29, 0.717) is 23.6 Å². The van der Waals surface area contributed by atoms with Crippen LogP contribution in [-0.4, -0.2) is 43.8 Å². The maximum absolute atomic E-state index is 13.2. The molecule has 0 saturated carbocycles. The van der Waals surface area contributed by atoms with E-state index in [0.717, 1.165) is 12.1 Å². The maximum Gasteiger partial charge on any atom is 0.418 e. The quantitative estimate of drug-likeness (QED) is 0.122. The van der Waals surface area contributed by atoms with Gasteiger partial charge in [-0.2, -0.15) is 18.3 Å². The molecular formula is C29H27F3N4O6. The van der Waals surface area contributed by atoms with Gasteiger partial charge in [-0.15, -0.1) is 0 Å². The van der Waals surface area contributed by atoms with Gasteiger partial charge in [0.1, 0.15) is 12.4 Å². The number of rotatable bonds is 12. The Labute approximate surface area is 239 Å². The van der Waals surface area contributed by atoms with Gasteiger partial charge in [-0.1, -0.05) is 24.8 Å². The lowest BCUT2D eigenvalue weighted by Gasteiger charge is -2.15. The minimum Gasteiger partial charge on any atom is -0.490 e. The highest BCUT2D eigenvalue weighted by Gasteiger charge is 2.33. The van der Waals surface area contributed by atoms with Crippen molar-refractivity contribution >= 4 is 35.3 Å². The zero-order valence-electron chi connectivity index (χ0n) is 22.4. The summed E-state index contributed by atoms with van der Waals surface area (Å²) in [4.78, 5) is 36.5. The molecule has 3 rings (SSSR count). The molecule has 0 radical (unpaired) electrons. The van der Waals surface area contributed by atoms with Crippen molar-refractivity contribution in [2.45, 2.75) is 13.1 Å². The molecule has 0 aliphatic rings. The first-order valence-corrected chi connectivity index (χ1v) is 12.4. The molecule has 0 saturated heterocycles. The van der Waals surface area contributed by atoms with E-state index >= 15 is 0 Å². The number of hydrogen-bond acceptors (Lipinski definition) is 7. The van der Waals surface area contributed by atoms with Gasteiger partial charge in [-0.05, 0) is 67.1 Å². The average molecular weight is 585 g/mol. The number of carbonyl (C=O) groups is 3. The summed E-state index contributed by atoms with van der Waals surface area (Å²) in [6.07, 6.45) is -1.79. The van der Waals surface area contributed by atoms with Gasteiger partial charge in [-0.3, -0.25) is 14.4 Å². The Morgan fingerprint density at radius 3 is 2.33 bits per heavy atom. The molecule has 3 amide bonds. The molecule has 0 spiro atoms. The van der Waals surface area contributed by atoms with Crippen molar-refractivity contribution in [3.05, 3.63) is 90.5 Å². The van der Waals surface area contributed by atoms with E-state index < -0.39 is 41.8 Å². The minimum absolute atomic E-state index is 0.151. The van der Waals surface area contributed by atoms with E-state index in [2.05, 4.69) is 27.7 Å². The highest BCUT2D eigenvalue weighted by molar-refractivity contribution is 6.39. The molecule has 0 aromatic heterocycles. The van der Waals surface area contributed by atoms with Crippen LogP contribution in [0.1, 0.15) is 18.1 Å². The molecule has 220 valence electrons. The van der Waals surface area contributed by atoms with Crippen LogP contribution in [0, 0.1) is 0 Å². The van der Waals surface area contributed by atoms with Crippen molar-refractivity contribution in [2.24, 2.45) is 5.10 Å². The molecule has 0 bridgehead atoms. The number of carbonyl (C=O) groups excluding carboxylic acids is 3. The molecule has 0 aliphatic heterocycles. The van der Waals surface area contributed by atoms with E-state index in [9.17, 15) is 27.6 Å². The Bertz CT molecular complexity index is 1440. The SMILES string of the molecule is C=CCOc1ccc(NC(=O)C(=O)N/N=C\c2ccc(OCC(=O)Nc3ccccc3C(F)(F)F)c(OCC)c2)cc1. The van der Waals surface area contributed by atoms with Gasteiger partial charge in [0, 0.05) is 5.69 Å². The van der Waals surface area contributed by atoms with Gasteiger partial charge >= 0.3 is 18.0 Å². The zero-order chi connectivity index (χ0) is 30.5. The predicted octanol–water partition coefficient (Wildman–Crippen LogP) is 4.78. The monoisotopic (exact) mass is 584 g/mol. The average Bonchev–Trinajstić information content (AvgIpc) is 2.96. The molecular weight excluding hydrogens is 557 g/mol. The van der Waals surface area contributed by atoms with E-state index in [4.69, 9.17) is 14.2 Å². The number of alkyl halides is 3. The number of nitrogens with zero attached hydrogens (tertiary/aromatic N) is 1. The minimum atomic E-state index is -4.64. The fraction of sp³-hybridized carbons (Fsp3) is 0.172. The summed E-state index contributed by atoms with van der Waals surface area (Å²) in [5, 5.41) is 8.39.